The topological polar surface area (TPSA) is 69.6 Å². The third-order valence-electron chi connectivity index (χ3n) is 11.9. The Kier molecular flexibility index (Phi) is 45.3. The van der Waals surface area contributed by atoms with Crippen molar-refractivity contribution in [2.24, 2.45) is 0 Å². The van der Waals surface area contributed by atoms with E-state index in [-0.39, 0.29) is 12.5 Å². The summed E-state index contributed by atoms with van der Waals surface area (Å²) in [6, 6.07) is -0.528. The van der Waals surface area contributed by atoms with E-state index in [1.807, 2.05) is 0 Å². The van der Waals surface area contributed by atoms with Gasteiger partial charge in [0, 0.05) is 6.42 Å². The van der Waals surface area contributed by atoms with E-state index in [1.54, 1.807) is 0 Å². The molecule has 0 aromatic rings. The first-order valence-electron chi connectivity index (χ1n) is 24.7. The summed E-state index contributed by atoms with van der Waals surface area (Å²) in [5.74, 6) is -0.0271. The number of carbonyl (C=O) groups excluding carboxylic acids is 1. The van der Waals surface area contributed by atoms with E-state index in [0.717, 1.165) is 25.7 Å². The van der Waals surface area contributed by atoms with Gasteiger partial charge in [0.25, 0.3) is 0 Å². The molecule has 53 heavy (non-hydrogen) atoms. The molecule has 318 valence electrons. The van der Waals surface area contributed by atoms with Gasteiger partial charge in [-0.1, -0.05) is 271 Å². The zero-order valence-corrected chi connectivity index (χ0v) is 36.6. The molecule has 0 aliphatic rings. The summed E-state index contributed by atoms with van der Waals surface area (Å²) in [4.78, 5) is 12.4. The molecular formula is C49H99NO3. The van der Waals surface area contributed by atoms with Crippen LogP contribution >= 0.6 is 0 Å². The average Bonchev–Trinajstić information content (AvgIpc) is 3.16. The molecular weight excluding hydrogens is 651 g/mol. The van der Waals surface area contributed by atoms with Crippen molar-refractivity contribution in [1.82, 2.24) is 5.32 Å². The second-order valence-electron chi connectivity index (χ2n) is 17.3. The molecule has 0 bridgehead atoms. The fourth-order valence-corrected chi connectivity index (χ4v) is 8.07. The summed E-state index contributed by atoms with van der Waals surface area (Å²) in [6.07, 6.45) is 56.6. The SMILES string of the molecule is CCCCCCCCCCCCCCCCCCCCCCCCCCCCCCCCCCC(=O)NC(CO)C(O)CCCCCCCCCCC. The molecule has 1 amide bonds. The zero-order chi connectivity index (χ0) is 38.6. The Morgan fingerprint density at radius 1 is 0.377 bits per heavy atom. The molecule has 0 fully saturated rings. The molecule has 4 nitrogen and oxygen atoms in total. The maximum absolute atomic E-state index is 12.4. The van der Waals surface area contributed by atoms with E-state index >= 15 is 0 Å². The molecule has 2 atom stereocenters. The van der Waals surface area contributed by atoms with Gasteiger partial charge in [0.2, 0.25) is 5.91 Å². The maximum atomic E-state index is 12.4. The number of amides is 1. The third-order valence-corrected chi connectivity index (χ3v) is 11.9. The summed E-state index contributed by atoms with van der Waals surface area (Å²) in [7, 11) is 0. The Balaban J connectivity index is 3.32. The maximum Gasteiger partial charge on any atom is 0.220 e. The molecule has 0 aliphatic carbocycles. The van der Waals surface area contributed by atoms with Gasteiger partial charge in [0.05, 0.1) is 18.8 Å². The van der Waals surface area contributed by atoms with Crippen molar-refractivity contribution >= 4 is 5.91 Å². The van der Waals surface area contributed by atoms with E-state index in [4.69, 9.17) is 0 Å². The zero-order valence-electron chi connectivity index (χ0n) is 36.6. The highest BCUT2D eigenvalue weighted by molar-refractivity contribution is 5.76. The number of nitrogens with one attached hydrogen (secondary N) is 1. The summed E-state index contributed by atoms with van der Waals surface area (Å²) < 4.78 is 0. The minimum atomic E-state index is -0.651. The highest BCUT2D eigenvalue weighted by Gasteiger charge is 2.20. The number of hydrogen-bond acceptors (Lipinski definition) is 3. The highest BCUT2D eigenvalue weighted by atomic mass is 16.3. The predicted octanol–water partition coefficient (Wildman–Crippen LogP) is 15.6. The van der Waals surface area contributed by atoms with Crippen LogP contribution in [0.4, 0.5) is 0 Å². The molecule has 0 spiro atoms. The number of aliphatic hydroxyl groups excluding tert-OH is 2. The van der Waals surface area contributed by atoms with Crippen LogP contribution in [0.5, 0.6) is 0 Å². The number of aliphatic hydroxyl groups is 2. The number of unbranched alkanes of at least 4 members (excludes halogenated alkanes) is 39. The largest absolute Gasteiger partial charge is 0.394 e. The number of hydrogen-bond donors (Lipinski definition) is 3. The van der Waals surface area contributed by atoms with Gasteiger partial charge in [0.1, 0.15) is 0 Å². The fourth-order valence-electron chi connectivity index (χ4n) is 8.07. The van der Waals surface area contributed by atoms with Crippen LogP contribution in [0.1, 0.15) is 290 Å². The van der Waals surface area contributed by atoms with Gasteiger partial charge < -0.3 is 15.5 Å². The Labute approximate surface area is 334 Å². The van der Waals surface area contributed by atoms with Gasteiger partial charge in [-0.05, 0) is 12.8 Å². The van der Waals surface area contributed by atoms with Crippen molar-refractivity contribution in [3.05, 3.63) is 0 Å². The minimum absolute atomic E-state index is 0.0271. The van der Waals surface area contributed by atoms with E-state index < -0.39 is 12.1 Å². The lowest BCUT2D eigenvalue weighted by atomic mass is 10.0. The van der Waals surface area contributed by atoms with Crippen LogP contribution in [0.15, 0.2) is 0 Å². The predicted molar refractivity (Wildman–Crippen MR) is 235 cm³/mol. The van der Waals surface area contributed by atoms with E-state index in [1.165, 1.54) is 238 Å². The molecule has 0 saturated heterocycles. The lowest BCUT2D eigenvalue weighted by Gasteiger charge is -2.22. The van der Waals surface area contributed by atoms with Gasteiger partial charge in [-0.3, -0.25) is 4.79 Å². The Bertz CT molecular complexity index is 685. The molecule has 0 heterocycles. The third kappa shape index (κ3) is 42.4. The van der Waals surface area contributed by atoms with Crippen molar-refractivity contribution in [3.8, 4) is 0 Å². The summed E-state index contributed by atoms with van der Waals surface area (Å²) in [5, 5.41) is 23.1. The second kappa shape index (κ2) is 45.8. The average molecular weight is 750 g/mol. The van der Waals surface area contributed by atoms with Gasteiger partial charge >= 0.3 is 0 Å². The first-order valence-corrected chi connectivity index (χ1v) is 24.7. The van der Waals surface area contributed by atoms with E-state index in [2.05, 4.69) is 19.2 Å². The van der Waals surface area contributed by atoms with Crippen LogP contribution < -0.4 is 5.32 Å². The lowest BCUT2D eigenvalue weighted by Crippen LogP contribution is -2.45. The summed E-state index contributed by atoms with van der Waals surface area (Å²) in [6.45, 7) is 4.36. The van der Waals surface area contributed by atoms with Crippen LogP contribution in [-0.2, 0) is 4.79 Å². The van der Waals surface area contributed by atoms with Gasteiger partial charge in [-0.15, -0.1) is 0 Å². The lowest BCUT2D eigenvalue weighted by molar-refractivity contribution is -0.123. The van der Waals surface area contributed by atoms with Crippen LogP contribution in [0.3, 0.4) is 0 Å². The first kappa shape index (κ1) is 52.4. The van der Waals surface area contributed by atoms with Crippen molar-refractivity contribution in [3.63, 3.8) is 0 Å². The molecule has 0 aromatic heterocycles. The highest BCUT2D eigenvalue weighted by Crippen LogP contribution is 2.18. The van der Waals surface area contributed by atoms with E-state index in [0.29, 0.717) is 12.8 Å². The molecule has 3 N–H and O–H groups in total. The molecule has 0 rings (SSSR count). The Morgan fingerprint density at radius 3 is 0.849 bits per heavy atom. The smallest absolute Gasteiger partial charge is 0.220 e. The van der Waals surface area contributed by atoms with Crippen molar-refractivity contribution < 1.29 is 15.0 Å². The first-order chi connectivity index (χ1) is 26.2. The minimum Gasteiger partial charge on any atom is -0.394 e. The van der Waals surface area contributed by atoms with Crippen LogP contribution in [0.2, 0.25) is 0 Å². The molecule has 0 radical (unpaired) electrons. The quantitative estimate of drug-likeness (QED) is 0.0543. The standard InChI is InChI=1S/C49H99NO3/c1-3-5-7-9-11-13-14-15-16-17-18-19-20-21-22-23-24-25-26-27-28-29-30-31-32-33-34-35-37-39-41-43-45-49(53)50-47(46-51)48(52)44-42-40-38-36-12-10-8-6-4-2/h47-48,51-52H,3-46H2,1-2H3,(H,50,53). The van der Waals surface area contributed by atoms with Crippen LogP contribution in [-0.4, -0.2) is 34.9 Å². The second-order valence-corrected chi connectivity index (χ2v) is 17.3. The molecule has 0 aromatic carbocycles. The molecule has 4 heteroatoms. The van der Waals surface area contributed by atoms with Gasteiger partial charge in [-0.2, -0.15) is 0 Å². The normalized spacial score (nSPS) is 12.8. The number of rotatable bonds is 46. The molecule has 2 unspecified atom stereocenters. The molecule has 0 saturated carbocycles. The van der Waals surface area contributed by atoms with Crippen LogP contribution in [0, 0.1) is 0 Å². The summed E-state index contributed by atoms with van der Waals surface area (Å²) >= 11 is 0. The molecule has 0 aliphatic heterocycles. The van der Waals surface area contributed by atoms with E-state index in [9.17, 15) is 15.0 Å². The fraction of sp³-hybridized carbons (Fsp3) is 0.980. The van der Waals surface area contributed by atoms with Gasteiger partial charge in [-0.25, -0.2) is 0 Å². The van der Waals surface area contributed by atoms with Crippen molar-refractivity contribution in [1.29, 1.82) is 0 Å². The van der Waals surface area contributed by atoms with Crippen LogP contribution in [0.25, 0.3) is 0 Å². The van der Waals surface area contributed by atoms with Gasteiger partial charge in [0.15, 0.2) is 0 Å². The Morgan fingerprint density at radius 2 is 0.604 bits per heavy atom. The Hall–Kier alpha value is -0.610. The van der Waals surface area contributed by atoms with Crippen molar-refractivity contribution in [2.45, 2.75) is 302 Å². The monoisotopic (exact) mass is 750 g/mol. The van der Waals surface area contributed by atoms with Crippen molar-refractivity contribution in [2.75, 3.05) is 6.61 Å². The number of carbonyl (C=O) groups is 1. The summed E-state index contributed by atoms with van der Waals surface area (Å²) in [5.41, 5.74) is 0.